The molecule has 1 amide bonds. The molecule has 0 fully saturated rings. The lowest BCUT2D eigenvalue weighted by molar-refractivity contribution is 0.0696. The predicted molar refractivity (Wildman–Crippen MR) is 83.0 cm³/mol. The zero-order valence-electron chi connectivity index (χ0n) is 10.9. The van der Waals surface area contributed by atoms with Crippen LogP contribution in [-0.2, 0) is 0 Å². The molecular formula is C14H10BrClN2O3. The van der Waals surface area contributed by atoms with Crippen molar-refractivity contribution in [3.63, 3.8) is 0 Å². The van der Waals surface area contributed by atoms with Gasteiger partial charge in [0, 0.05) is 21.4 Å². The molecule has 0 aliphatic rings. The van der Waals surface area contributed by atoms with Crippen LogP contribution in [0.2, 0.25) is 5.15 Å². The van der Waals surface area contributed by atoms with E-state index in [0.717, 1.165) is 0 Å². The number of benzene rings is 1. The van der Waals surface area contributed by atoms with Crippen molar-refractivity contribution in [2.75, 3.05) is 5.32 Å². The van der Waals surface area contributed by atoms with Gasteiger partial charge in [-0.1, -0.05) is 27.5 Å². The summed E-state index contributed by atoms with van der Waals surface area (Å²) in [4.78, 5) is 27.1. The Morgan fingerprint density at radius 3 is 2.52 bits per heavy atom. The van der Waals surface area contributed by atoms with Crippen LogP contribution in [0.5, 0.6) is 0 Å². The second-order valence-electron chi connectivity index (χ2n) is 4.31. The largest absolute Gasteiger partial charge is 0.478 e. The second-order valence-corrected chi connectivity index (χ2v) is 5.61. The Labute approximate surface area is 134 Å². The van der Waals surface area contributed by atoms with Gasteiger partial charge in [0.2, 0.25) is 0 Å². The first-order chi connectivity index (χ1) is 9.85. The van der Waals surface area contributed by atoms with Crippen LogP contribution >= 0.6 is 27.5 Å². The molecule has 108 valence electrons. The topological polar surface area (TPSA) is 79.3 Å². The monoisotopic (exact) mass is 368 g/mol. The summed E-state index contributed by atoms with van der Waals surface area (Å²) in [5.41, 5.74) is 1.42. The van der Waals surface area contributed by atoms with E-state index < -0.39 is 11.9 Å². The van der Waals surface area contributed by atoms with E-state index in [1.807, 2.05) is 0 Å². The number of anilines is 1. The minimum Gasteiger partial charge on any atom is -0.478 e. The van der Waals surface area contributed by atoms with Crippen LogP contribution in [0.4, 0.5) is 5.69 Å². The lowest BCUT2D eigenvalue weighted by Crippen LogP contribution is -2.13. The van der Waals surface area contributed by atoms with Crippen LogP contribution in [0.1, 0.15) is 26.4 Å². The molecule has 1 heterocycles. The number of hydrogen-bond acceptors (Lipinski definition) is 3. The van der Waals surface area contributed by atoms with E-state index in [9.17, 15) is 9.59 Å². The standard InChI is InChI=1S/C14H10BrClN2O3/c1-7-2-8(5-12(16)17-7)13(19)18-11-4-9(14(20)21)3-10(15)6-11/h2-6H,1H3,(H,18,19)(H,20,21). The molecule has 21 heavy (non-hydrogen) atoms. The summed E-state index contributed by atoms with van der Waals surface area (Å²) >= 11 is 9.02. The van der Waals surface area contributed by atoms with Crippen molar-refractivity contribution in [3.05, 3.63) is 56.8 Å². The lowest BCUT2D eigenvalue weighted by atomic mass is 10.2. The highest BCUT2D eigenvalue weighted by atomic mass is 79.9. The van der Waals surface area contributed by atoms with Gasteiger partial charge in [-0.05, 0) is 37.3 Å². The molecule has 1 aromatic carbocycles. The lowest BCUT2D eigenvalue weighted by Gasteiger charge is -2.08. The van der Waals surface area contributed by atoms with Crippen LogP contribution in [-0.4, -0.2) is 22.0 Å². The van der Waals surface area contributed by atoms with Crippen molar-refractivity contribution in [1.29, 1.82) is 0 Å². The highest BCUT2D eigenvalue weighted by Gasteiger charge is 2.11. The SMILES string of the molecule is Cc1cc(C(=O)Nc2cc(Br)cc(C(=O)O)c2)cc(Cl)n1. The van der Waals surface area contributed by atoms with Gasteiger partial charge in [-0.3, -0.25) is 4.79 Å². The third-order valence-corrected chi connectivity index (χ3v) is 3.24. The number of nitrogens with zero attached hydrogens (tertiary/aromatic N) is 1. The van der Waals surface area contributed by atoms with Gasteiger partial charge in [-0.15, -0.1) is 0 Å². The van der Waals surface area contributed by atoms with Gasteiger partial charge < -0.3 is 10.4 Å². The fourth-order valence-electron chi connectivity index (χ4n) is 1.75. The summed E-state index contributed by atoms with van der Waals surface area (Å²) in [6.45, 7) is 1.73. The van der Waals surface area contributed by atoms with E-state index >= 15 is 0 Å². The molecule has 0 bridgehead atoms. The van der Waals surface area contributed by atoms with E-state index in [2.05, 4.69) is 26.2 Å². The van der Waals surface area contributed by atoms with Gasteiger partial charge >= 0.3 is 5.97 Å². The van der Waals surface area contributed by atoms with E-state index in [4.69, 9.17) is 16.7 Å². The predicted octanol–water partition coefficient (Wildman–Crippen LogP) is 3.76. The maximum Gasteiger partial charge on any atom is 0.335 e. The number of aromatic nitrogens is 1. The number of aryl methyl sites for hydroxylation is 1. The van der Waals surface area contributed by atoms with Crippen molar-refractivity contribution >= 4 is 45.1 Å². The summed E-state index contributed by atoms with van der Waals surface area (Å²) in [5, 5.41) is 11.9. The number of carbonyl (C=O) groups is 2. The molecule has 0 spiro atoms. The molecule has 0 aliphatic heterocycles. The Kier molecular flexibility index (Phi) is 4.59. The van der Waals surface area contributed by atoms with E-state index in [-0.39, 0.29) is 10.7 Å². The van der Waals surface area contributed by atoms with Crippen molar-refractivity contribution in [3.8, 4) is 0 Å². The Hall–Kier alpha value is -1.92. The first-order valence-electron chi connectivity index (χ1n) is 5.84. The van der Waals surface area contributed by atoms with Gasteiger partial charge in [0.25, 0.3) is 5.91 Å². The molecule has 5 nitrogen and oxygen atoms in total. The molecular weight excluding hydrogens is 360 g/mol. The van der Waals surface area contributed by atoms with Crippen molar-refractivity contribution < 1.29 is 14.7 Å². The summed E-state index contributed by atoms with van der Waals surface area (Å²) in [5.74, 6) is -1.47. The normalized spacial score (nSPS) is 10.2. The van der Waals surface area contributed by atoms with Crippen LogP contribution in [0.3, 0.4) is 0 Å². The third kappa shape index (κ3) is 4.03. The number of rotatable bonds is 3. The van der Waals surface area contributed by atoms with E-state index in [0.29, 0.717) is 21.4 Å². The molecule has 7 heteroatoms. The number of carbonyl (C=O) groups excluding carboxylic acids is 1. The zero-order valence-corrected chi connectivity index (χ0v) is 13.2. The van der Waals surface area contributed by atoms with Gasteiger partial charge in [0.15, 0.2) is 0 Å². The first-order valence-corrected chi connectivity index (χ1v) is 7.01. The summed E-state index contributed by atoms with van der Waals surface area (Å²) in [6.07, 6.45) is 0. The number of aromatic carboxylic acids is 1. The van der Waals surface area contributed by atoms with Crippen molar-refractivity contribution in [1.82, 2.24) is 4.98 Å². The van der Waals surface area contributed by atoms with Gasteiger partial charge in [0.05, 0.1) is 5.56 Å². The molecule has 2 rings (SSSR count). The number of nitrogens with one attached hydrogen (secondary N) is 1. The molecule has 0 saturated carbocycles. The quantitative estimate of drug-likeness (QED) is 0.808. The molecule has 1 aromatic heterocycles. The maximum absolute atomic E-state index is 12.2. The van der Waals surface area contributed by atoms with Crippen LogP contribution in [0.15, 0.2) is 34.8 Å². The Morgan fingerprint density at radius 1 is 1.19 bits per heavy atom. The Bertz CT molecular complexity index is 714. The van der Waals surface area contributed by atoms with Gasteiger partial charge in [-0.2, -0.15) is 0 Å². The second kappa shape index (κ2) is 6.24. The molecule has 2 N–H and O–H groups in total. The van der Waals surface area contributed by atoms with Crippen molar-refractivity contribution in [2.45, 2.75) is 6.92 Å². The summed E-state index contributed by atoms with van der Waals surface area (Å²) in [7, 11) is 0. The zero-order chi connectivity index (χ0) is 15.6. The van der Waals surface area contributed by atoms with Gasteiger partial charge in [-0.25, -0.2) is 9.78 Å². The number of carboxylic acids is 1. The minimum atomic E-state index is -1.07. The highest BCUT2D eigenvalue weighted by Crippen LogP contribution is 2.21. The average Bonchev–Trinajstić information content (AvgIpc) is 2.36. The smallest absolute Gasteiger partial charge is 0.335 e. The molecule has 0 unspecified atom stereocenters. The number of halogens is 2. The number of carboxylic acid groups (broad SMARTS) is 1. The third-order valence-electron chi connectivity index (χ3n) is 2.59. The summed E-state index contributed by atoms with van der Waals surface area (Å²) < 4.78 is 0.557. The number of hydrogen-bond donors (Lipinski definition) is 2. The number of amides is 1. The minimum absolute atomic E-state index is 0.0728. The fourth-order valence-corrected chi connectivity index (χ4v) is 2.49. The Morgan fingerprint density at radius 2 is 1.90 bits per heavy atom. The van der Waals surface area contributed by atoms with E-state index in [1.54, 1.807) is 19.1 Å². The van der Waals surface area contributed by atoms with Crippen LogP contribution in [0.25, 0.3) is 0 Å². The Balaban J connectivity index is 2.29. The van der Waals surface area contributed by atoms with Gasteiger partial charge in [0.1, 0.15) is 5.15 Å². The molecule has 0 radical (unpaired) electrons. The molecule has 0 aliphatic carbocycles. The van der Waals surface area contributed by atoms with Crippen molar-refractivity contribution in [2.24, 2.45) is 0 Å². The van der Waals surface area contributed by atoms with Crippen LogP contribution < -0.4 is 5.32 Å². The maximum atomic E-state index is 12.2. The van der Waals surface area contributed by atoms with Crippen LogP contribution in [0, 0.1) is 6.92 Å². The number of pyridine rings is 1. The highest BCUT2D eigenvalue weighted by molar-refractivity contribution is 9.10. The fraction of sp³-hybridized carbons (Fsp3) is 0.0714. The summed E-state index contributed by atoms with van der Waals surface area (Å²) in [6, 6.07) is 7.48. The molecule has 0 atom stereocenters. The molecule has 2 aromatic rings. The first kappa shape index (κ1) is 15.5. The average molecular weight is 370 g/mol. The molecule has 0 saturated heterocycles. The van der Waals surface area contributed by atoms with E-state index in [1.165, 1.54) is 18.2 Å².